The molecule has 3 rings (SSSR count). The van der Waals surface area contributed by atoms with E-state index in [4.69, 9.17) is 0 Å². The summed E-state index contributed by atoms with van der Waals surface area (Å²) >= 11 is 1.44. The minimum Gasteiger partial charge on any atom is -0.332 e. The molecule has 1 aliphatic heterocycles. The van der Waals surface area contributed by atoms with Crippen LogP contribution in [0.4, 0.5) is 0 Å². The fraction of sp³-hybridized carbons (Fsp3) is 0.300. The second-order valence-corrected chi connectivity index (χ2v) is 4.36. The van der Waals surface area contributed by atoms with Crippen molar-refractivity contribution >= 4 is 17.2 Å². The Morgan fingerprint density at radius 1 is 1.38 bits per heavy atom. The number of carbonyl (C=O) groups is 1. The van der Waals surface area contributed by atoms with E-state index in [2.05, 4.69) is 14.5 Å². The summed E-state index contributed by atoms with van der Waals surface area (Å²) in [5.74, 6) is 0.935. The van der Waals surface area contributed by atoms with E-state index in [1.807, 2.05) is 6.20 Å². The van der Waals surface area contributed by atoms with E-state index in [9.17, 15) is 4.79 Å². The van der Waals surface area contributed by atoms with Crippen molar-refractivity contribution in [2.45, 2.75) is 13.1 Å². The Balaban J connectivity index is 1.81. The number of thiazole rings is 1. The largest absolute Gasteiger partial charge is 0.332 e. The van der Waals surface area contributed by atoms with E-state index in [1.54, 1.807) is 22.0 Å². The molecule has 0 spiro atoms. The van der Waals surface area contributed by atoms with E-state index in [1.165, 1.54) is 11.3 Å². The number of aromatic nitrogens is 3. The molecule has 0 N–H and O–H groups in total. The van der Waals surface area contributed by atoms with Crippen LogP contribution in [0.15, 0.2) is 23.3 Å². The first kappa shape index (κ1) is 9.53. The van der Waals surface area contributed by atoms with E-state index in [0.717, 1.165) is 18.9 Å². The highest BCUT2D eigenvalue weighted by Gasteiger charge is 2.23. The first-order valence-corrected chi connectivity index (χ1v) is 5.96. The van der Waals surface area contributed by atoms with Crippen molar-refractivity contribution in [1.82, 2.24) is 19.4 Å². The second-order valence-electron chi connectivity index (χ2n) is 3.64. The van der Waals surface area contributed by atoms with Crippen LogP contribution in [0, 0.1) is 0 Å². The zero-order chi connectivity index (χ0) is 11.0. The number of fused-ring (bicyclic) bond motifs is 1. The summed E-state index contributed by atoms with van der Waals surface area (Å²) in [6.45, 7) is 2.11. The molecular formula is C10H10N4OS. The van der Waals surface area contributed by atoms with Crippen LogP contribution >= 0.6 is 11.3 Å². The zero-order valence-corrected chi connectivity index (χ0v) is 9.35. The lowest BCUT2D eigenvalue weighted by Gasteiger charge is -2.26. The molecule has 1 aliphatic rings. The molecule has 0 unspecified atom stereocenters. The first-order chi connectivity index (χ1) is 7.84. The molecule has 2 aromatic rings. The van der Waals surface area contributed by atoms with Crippen molar-refractivity contribution in [2.75, 3.05) is 6.54 Å². The SMILES string of the molecule is O=C(c1cscn1)N1CCn2ccnc2C1. The fourth-order valence-corrected chi connectivity index (χ4v) is 2.35. The van der Waals surface area contributed by atoms with Gasteiger partial charge in [0.2, 0.25) is 0 Å². The number of imidazole rings is 1. The van der Waals surface area contributed by atoms with Gasteiger partial charge in [-0.1, -0.05) is 0 Å². The van der Waals surface area contributed by atoms with Crippen LogP contribution in [0.3, 0.4) is 0 Å². The van der Waals surface area contributed by atoms with Gasteiger partial charge in [0.15, 0.2) is 0 Å². The van der Waals surface area contributed by atoms with Gasteiger partial charge >= 0.3 is 0 Å². The van der Waals surface area contributed by atoms with Crippen LogP contribution in [0.2, 0.25) is 0 Å². The van der Waals surface area contributed by atoms with Crippen molar-refractivity contribution in [2.24, 2.45) is 0 Å². The molecule has 5 nitrogen and oxygen atoms in total. The van der Waals surface area contributed by atoms with Crippen LogP contribution in [-0.2, 0) is 13.1 Å². The highest BCUT2D eigenvalue weighted by Crippen LogP contribution is 2.13. The van der Waals surface area contributed by atoms with E-state index in [0.29, 0.717) is 12.2 Å². The van der Waals surface area contributed by atoms with Crippen molar-refractivity contribution in [3.8, 4) is 0 Å². The molecule has 0 saturated carbocycles. The minimum atomic E-state index is -0.00417. The van der Waals surface area contributed by atoms with Crippen LogP contribution in [0.1, 0.15) is 16.3 Å². The molecule has 0 bridgehead atoms. The Labute approximate surface area is 96.4 Å². The molecular weight excluding hydrogens is 224 g/mol. The summed E-state index contributed by atoms with van der Waals surface area (Å²) in [6, 6.07) is 0. The Kier molecular flexibility index (Phi) is 2.21. The van der Waals surface area contributed by atoms with Crippen LogP contribution < -0.4 is 0 Å². The number of nitrogens with zero attached hydrogens (tertiary/aromatic N) is 4. The Bertz CT molecular complexity index is 505. The van der Waals surface area contributed by atoms with Crippen molar-refractivity contribution < 1.29 is 4.79 Å². The van der Waals surface area contributed by atoms with Gasteiger partial charge in [0.1, 0.15) is 11.5 Å². The monoisotopic (exact) mass is 234 g/mol. The number of rotatable bonds is 1. The smallest absolute Gasteiger partial charge is 0.273 e. The topological polar surface area (TPSA) is 51.0 Å². The average Bonchev–Trinajstić information content (AvgIpc) is 2.98. The summed E-state index contributed by atoms with van der Waals surface area (Å²) in [5, 5.41) is 1.78. The normalized spacial score (nSPS) is 14.9. The highest BCUT2D eigenvalue weighted by atomic mass is 32.1. The quantitative estimate of drug-likeness (QED) is 0.739. The molecule has 0 saturated heterocycles. The number of carbonyl (C=O) groups excluding carboxylic acids is 1. The van der Waals surface area contributed by atoms with Crippen molar-refractivity contribution in [1.29, 1.82) is 0 Å². The van der Waals surface area contributed by atoms with E-state index >= 15 is 0 Å². The maximum Gasteiger partial charge on any atom is 0.273 e. The summed E-state index contributed by atoms with van der Waals surface area (Å²) in [6.07, 6.45) is 3.71. The molecule has 0 atom stereocenters. The van der Waals surface area contributed by atoms with Crippen molar-refractivity contribution in [3.05, 3.63) is 34.8 Å². The van der Waals surface area contributed by atoms with Gasteiger partial charge in [-0.05, 0) is 0 Å². The average molecular weight is 234 g/mol. The predicted molar refractivity (Wildman–Crippen MR) is 59.1 cm³/mol. The molecule has 16 heavy (non-hydrogen) atoms. The van der Waals surface area contributed by atoms with Gasteiger partial charge in [-0.15, -0.1) is 11.3 Å². The van der Waals surface area contributed by atoms with E-state index in [-0.39, 0.29) is 5.91 Å². The fourth-order valence-electron chi connectivity index (χ4n) is 1.83. The number of amides is 1. The number of hydrogen-bond acceptors (Lipinski definition) is 4. The maximum absolute atomic E-state index is 12.0. The van der Waals surface area contributed by atoms with Gasteiger partial charge in [0, 0.05) is 30.9 Å². The van der Waals surface area contributed by atoms with Gasteiger partial charge in [0.25, 0.3) is 5.91 Å². The Morgan fingerprint density at radius 2 is 2.31 bits per heavy atom. The second kappa shape index (κ2) is 3.71. The Morgan fingerprint density at radius 3 is 3.12 bits per heavy atom. The van der Waals surface area contributed by atoms with Crippen molar-refractivity contribution in [3.63, 3.8) is 0 Å². The third kappa shape index (κ3) is 1.51. The molecule has 0 aliphatic carbocycles. The molecule has 0 aromatic carbocycles. The lowest BCUT2D eigenvalue weighted by atomic mass is 10.3. The predicted octanol–water partition coefficient (Wildman–Crippen LogP) is 0.996. The first-order valence-electron chi connectivity index (χ1n) is 5.02. The molecule has 0 fully saturated rings. The zero-order valence-electron chi connectivity index (χ0n) is 8.54. The summed E-state index contributed by atoms with van der Waals surface area (Å²) in [5.41, 5.74) is 2.21. The van der Waals surface area contributed by atoms with Crippen LogP contribution in [0.25, 0.3) is 0 Å². The lowest BCUT2D eigenvalue weighted by Crippen LogP contribution is -2.38. The molecule has 2 aromatic heterocycles. The maximum atomic E-state index is 12.0. The standard InChI is InChI=1S/C10H10N4OS/c15-10(8-6-16-7-12-8)14-4-3-13-2-1-11-9(13)5-14/h1-2,6-7H,3-5H2. The summed E-state index contributed by atoms with van der Waals surface area (Å²) < 4.78 is 2.07. The third-order valence-corrected chi connectivity index (χ3v) is 3.27. The molecule has 1 amide bonds. The third-order valence-electron chi connectivity index (χ3n) is 2.68. The lowest BCUT2D eigenvalue weighted by molar-refractivity contribution is 0.0702. The highest BCUT2D eigenvalue weighted by molar-refractivity contribution is 7.07. The van der Waals surface area contributed by atoms with Crippen LogP contribution in [-0.4, -0.2) is 31.9 Å². The van der Waals surface area contributed by atoms with Gasteiger partial charge in [-0.2, -0.15) is 0 Å². The molecule has 3 heterocycles. The minimum absolute atomic E-state index is 0.00417. The van der Waals surface area contributed by atoms with Crippen LogP contribution in [0.5, 0.6) is 0 Å². The summed E-state index contributed by atoms with van der Waals surface area (Å²) in [7, 11) is 0. The Hall–Kier alpha value is -1.69. The van der Waals surface area contributed by atoms with Gasteiger partial charge in [0.05, 0.1) is 12.1 Å². The van der Waals surface area contributed by atoms with Gasteiger partial charge < -0.3 is 9.47 Å². The molecule has 82 valence electrons. The number of hydrogen-bond donors (Lipinski definition) is 0. The van der Waals surface area contributed by atoms with Gasteiger partial charge in [-0.3, -0.25) is 4.79 Å². The van der Waals surface area contributed by atoms with Gasteiger partial charge in [-0.25, -0.2) is 9.97 Å². The summed E-state index contributed by atoms with van der Waals surface area (Å²) in [4.78, 5) is 22.1. The van der Waals surface area contributed by atoms with E-state index < -0.39 is 0 Å². The molecule has 6 heteroatoms. The molecule has 0 radical (unpaired) electrons.